The maximum atomic E-state index is 12.9. The second-order valence-corrected chi connectivity index (χ2v) is 6.27. The van der Waals surface area contributed by atoms with Crippen molar-refractivity contribution in [2.45, 2.75) is 26.9 Å². The topological polar surface area (TPSA) is 84.2 Å². The maximum absolute atomic E-state index is 12.9. The molecule has 0 fully saturated rings. The molecule has 1 heterocycles. The van der Waals surface area contributed by atoms with Crippen LogP contribution in [0.4, 0.5) is 0 Å². The summed E-state index contributed by atoms with van der Waals surface area (Å²) in [6, 6.07) is 11.7. The lowest BCUT2D eigenvalue weighted by atomic mass is 10.2. The zero-order chi connectivity index (χ0) is 21.0. The largest absolute Gasteiger partial charge is 0.497 e. The van der Waals surface area contributed by atoms with Gasteiger partial charge in [-0.05, 0) is 45.0 Å². The molecule has 0 bridgehead atoms. The molecule has 0 saturated carbocycles. The van der Waals surface area contributed by atoms with Crippen LogP contribution in [0.3, 0.4) is 0 Å². The minimum absolute atomic E-state index is 0.0966. The first-order valence-corrected chi connectivity index (χ1v) is 9.15. The molecule has 2 aromatic carbocycles. The van der Waals surface area contributed by atoms with Crippen molar-refractivity contribution < 1.29 is 28.2 Å². The van der Waals surface area contributed by atoms with Gasteiger partial charge in [-0.15, -0.1) is 0 Å². The van der Waals surface area contributed by atoms with E-state index in [1.807, 2.05) is 0 Å². The Labute approximate surface area is 167 Å². The van der Waals surface area contributed by atoms with Crippen LogP contribution >= 0.6 is 0 Å². The van der Waals surface area contributed by atoms with Crippen LogP contribution in [0.5, 0.6) is 23.0 Å². The monoisotopic (exact) mass is 398 g/mol. The van der Waals surface area contributed by atoms with E-state index in [9.17, 15) is 9.59 Å². The van der Waals surface area contributed by atoms with Crippen molar-refractivity contribution in [2.24, 2.45) is 0 Å². The highest BCUT2D eigenvalue weighted by atomic mass is 16.6. The van der Waals surface area contributed by atoms with Crippen molar-refractivity contribution >= 4 is 16.9 Å². The number of fused-ring (bicyclic) bond motifs is 1. The molecule has 0 spiro atoms. The molecule has 1 aromatic heterocycles. The summed E-state index contributed by atoms with van der Waals surface area (Å²) in [5.74, 6) is 1.42. The Bertz CT molecular complexity index is 1080. The van der Waals surface area contributed by atoms with Gasteiger partial charge in [0, 0.05) is 12.1 Å². The number of ether oxygens (including phenoxy) is 4. The Balaban J connectivity index is 1.91. The van der Waals surface area contributed by atoms with Crippen molar-refractivity contribution in [1.29, 1.82) is 0 Å². The molecule has 0 unspecified atom stereocenters. The molecule has 0 aliphatic heterocycles. The van der Waals surface area contributed by atoms with Crippen molar-refractivity contribution in [3.63, 3.8) is 0 Å². The number of hydrogen-bond donors (Lipinski definition) is 0. The Morgan fingerprint density at radius 2 is 1.86 bits per heavy atom. The molecule has 7 heteroatoms. The molecular weight excluding hydrogens is 376 g/mol. The molecular formula is C22H22O7. The van der Waals surface area contributed by atoms with Gasteiger partial charge < -0.3 is 23.4 Å². The van der Waals surface area contributed by atoms with Crippen LogP contribution in [0.1, 0.15) is 19.6 Å². The zero-order valence-electron chi connectivity index (χ0n) is 16.7. The van der Waals surface area contributed by atoms with Crippen LogP contribution in [-0.2, 0) is 9.53 Å². The quantitative estimate of drug-likeness (QED) is 0.551. The first-order valence-electron chi connectivity index (χ1n) is 9.15. The van der Waals surface area contributed by atoms with E-state index in [1.54, 1.807) is 70.3 Å². The van der Waals surface area contributed by atoms with E-state index in [2.05, 4.69) is 0 Å². The minimum atomic E-state index is -0.782. The Kier molecular flexibility index (Phi) is 6.07. The number of aryl methyl sites for hydroxylation is 1. The van der Waals surface area contributed by atoms with Crippen molar-refractivity contribution in [3.05, 3.63) is 58.4 Å². The molecule has 7 nitrogen and oxygen atoms in total. The number of carbonyl (C=O) groups is 1. The lowest BCUT2D eigenvalue weighted by Crippen LogP contribution is -2.26. The van der Waals surface area contributed by atoms with Crippen LogP contribution in [0.15, 0.2) is 51.7 Å². The molecule has 0 amide bonds. The van der Waals surface area contributed by atoms with Crippen LogP contribution in [0.25, 0.3) is 11.0 Å². The SMILES string of the molecule is CCOC(=O)[C@H](C)Oc1ccc2c(=O)c(Oc3cccc(OC)c3)c(C)oc2c1. The summed E-state index contributed by atoms with van der Waals surface area (Å²) in [6.45, 7) is 5.23. The fraction of sp³-hybridized carbons (Fsp3) is 0.273. The molecule has 0 saturated heterocycles. The van der Waals surface area contributed by atoms with E-state index in [4.69, 9.17) is 23.4 Å². The van der Waals surface area contributed by atoms with Gasteiger partial charge in [0.25, 0.3) is 0 Å². The zero-order valence-corrected chi connectivity index (χ0v) is 16.7. The normalized spacial score (nSPS) is 11.7. The highest BCUT2D eigenvalue weighted by Gasteiger charge is 2.18. The third-order valence-corrected chi connectivity index (χ3v) is 4.18. The van der Waals surface area contributed by atoms with Crippen molar-refractivity contribution in [2.75, 3.05) is 13.7 Å². The average Bonchev–Trinajstić information content (AvgIpc) is 2.71. The molecule has 29 heavy (non-hydrogen) atoms. The van der Waals surface area contributed by atoms with E-state index >= 15 is 0 Å². The van der Waals surface area contributed by atoms with Crippen LogP contribution in [0, 0.1) is 6.92 Å². The summed E-state index contributed by atoms with van der Waals surface area (Å²) in [6.07, 6.45) is -0.782. The van der Waals surface area contributed by atoms with E-state index in [1.165, 1.54) is 0 Å². The smallest absolute Gasteiger partial charge is 0.347 e. The summed E-state index contributed by atoms with van der Waals surface area (Å²) >= 11 is 0. The first-order chi connectivity index (χ1) is 13.9. The highest BCUT2D eigenvalue weighted by Crippen LogP contribution is 2.29. The summed E-state index contributed by atoms with van der Waals surface area (Å²) in [4.78, 5) is 24.6. The standard InChI is InChI=1S/C22H22O7/c1-5-26-22(24)14(3)27-17-9-10-18-19(12-17)28-13(2)21(20(18)23)29-16-8-6-7-15(11-16)25-4/h6-12,14H,5H2,1-4H3/t14-/m0/s1. The highest BCUT2D eigenvalue weighted by molar-refractivity contribution is 5.80. The molecule has 3 aromatic rings. The van der Waals surface area contributed by atoms with E-state index in [-0.39, 0.29) is 17.8 Å². The molecule has 0 N–H and O–H groups in total. The molecule has 0 aliphatic rings. The first kappa shape index (κ1) is 20.3. The third kappa shape index (κ3) is 4.51. The van der Waals surface area contributed by atoms with Gasteiger partial charge in [-0.25, -0.2) is 4.79 Å². The second kappa shape index (κ2) is 8.68. The third-order valence-electron chi connectivity index (χ3n) is 4.18. The summed E-state index contributed by atoms with van der Waals surface area (Å²) in [5, 5.41) is 0.338. The van der Waals surface area contributed by atoms with Gasteiger partial charge >= 0.3 is 5.97 Å². The van der Waals surface area contributed by atoms with Crippen LogP contribution in [0.2, 0.25) is 0 Å². The van der Waals surface area contributed by atoms with Gasteiger partial charge in [-0.1, -0.05) is 6.07 Å². The van der Waals surface area contributed by atoms with Crippen molar-refractivity contribution in [3.8, 4) is 23.0 Å². The molecule has 1 atom stereocenters. The number of methoxy groups -OCH3 is 1. The van der Waals surface area contributed by atoms with Gasteiger partial charge in [0.2, 0.25) is 11.2 Å². The fourth-order valence-electron chi connectivity index (χ4n) is 2.75. The molecule has 0 radical (unpaired) electrons. The number of carbonyl (C=O) groups excluding carboxylic acids is 1. The Morgan fingerprint density at radius 1 is 1.10 bits per heavy atom. The Hall–Kier alpha value is -3.48. The van der Waals surface area contributed by atoms with Crippen molar-refractivity contribution in [1.82, 2.24) is 0 Å². The average molecular weight is 398 g/mol. The van der Waals surface area contributed by atoms with Gasteiger partial charge in [0.1, 0.15) is 28.6 Å². The number of esters is 1. The van der Waals surface area contributed by atoms with Crippen LogP contribution < -0.4 is 19.6 Å². The molecule has 3 rings (SSSR count). The number of rotatable bonds is 7. The minimum Gasteiger partial charge on any atom is -0.497 e. The van der Waals surface area contributed by atoms with Crippen LogP contribution in [-0.4, -0.2) is 25.8 Å². The summed E-state index contributed by atoms with van der Waals surface area (Å²) in [5.41, 5.74) is 0.0237. The predicted octanol–water partition coefficient (Wildman–Crippen LogP) is 4.23. The van der Waals surface area contributed by atoms with Gasteiger partial charge in [-0.2, -0.15) is 0 Å². The number of benzene rings is 2. The summed E-state index contributed by atoms with van der Waals surface area (Å²) in [7, 11) is 1.55. The van der Waals surface area contributed by atoms with Gasteiger partial charge in [0.05, 0.1) is 19.1 Å². The summed E-state index contributed by atoms with van der Waals surface area (Å²) < 4.78 is 27.2. The fourth-order valence-corrected chi connectivity index (χ4v) is 2.75. The van der Waals surface area contributed by atoms with Gasteiger partial charge in [0.15, 0.2) is 6.10 Å². The van der Waals surface area contributed by atoms with E-state index < -0.39 is 12.1 Å². The number of hydrogen-bond acceptors (Lipinski definition) is 7. The lowest BCUT2D eigenvalue weighted by molar-refractivity contribution is -0.150. The Morgan fingerprint density at radius 3 is 2.59 bits per heavy atom. The second-order valence-electron chi connectivity index (χ2n) is 6.27. The lowest BCUT2D eigenvalue weighted by Gasteiger charge is -2.14. The van der Waals surface area contributed by atoms with Gasteiger partial charge in [-0.3, -0.25) is 4.79 Å². The maximum Gasteiger partial charge on any atom is 0.347 e. The van der Waals surface area contributed by atoms with E-state index in [0.717, 1.165) is 0 Å². The molecule has 0 aliphatic carbocycles. The predicted molar refractivity (Wildman–Crippen MR) is 107 cm³/mol. The van der Waals surface area contributed by atoms with E-state index in [0.29, 0.717) is 34.0 Å². The molecule has 152 valence electrons.